The van der Waals surface area contributed by atoms with Crippen LogP contribution in [-0.4, -0.2) is 59.7 Å². The number of ether oxygens (including phenoxy) is 1. The van der Waals surface area contributed by atoms with Crippen LogP contribution in [0, 0.1) is 6.92 Å². The SMILES string of the molecule is Cc1nc(-c2c[nH]c(C(=O)N[C@@H](C)CN3CCOCC3)c2)cs1. The largest absolute Gasteiger partial charge is 0.379 e. The zero-order valence-electron chi connectivity index (χ0n) is 13.5. The first kappa shape index (κ1) is 16.2. The summed E-state index contributed by atoms with van der Waals surface area (Å²) in [6, 6.07) is 1.94. The van der Waals surface area contributed by atoms with Gasteiger partial charge in [-0.3, -0.25) is 9.69 Å². The molecule has 3 heterocycles. The fourth-order valence-corrected chi connectivity index (χ4v) is 3.31. The highest BCUT2D eigenvalue weighted by Gasteiger charge is 2.17. The Hall–Kier alpha value is -1.70. The van der Waals surface area contributed by atoms with E-state index in [9.17, 15) is 4.79 Å². The molecule has 6 nitrogen and oxygen atoms in total. The predicted molar refractivity (Wildman–Crippen MR) is 90.8 cm³/mol. The Morgan fingerprint density at radius 2 is 2.30 bits per heavy atom. The van der Waals surface area contributed by atoms with Gasteiger partial charge in [0.2, 0.25) is 0 Å². The van der Waals surface area contributed by atoms with Gasteiger partial charge in [-0.1, -0.05) is 0 Å². The Bertz CT molecular complexity index is 661. The normalized spacial score (nSPS) is 17.1. The number of rotatable bonds is 5. The van der Waals surface area contributed by atoms with E-state index in [2.05, 4.69) is 20.2 Å². The van der Waals surface area contributed by atoms with Crippen LogP contribution in [-0.2, 0) is 4.74 Å². The van der Waals surface area contributed by atoms with Crippen molar-refractivity contribution >= 4 is 17.2 Å². The van der Waals surface area contributed by atoms with Crippen molar-refractivity contribution in [3.05, 3.63) is 28.3 Å². The number of thiazole rings is 1. The second-order valence-electron chi connectivity index (χ2n) is 5.84. The van der Waals surface area contributed by atoms with Crippen LogP contribution in [0.3, 0.4) is 0 Å². The van der Waals surface area contributed by atoms with Crippen molar-refractivity contribution < 1.29 is 9.53 Å². The summed E-state index contributed by atoms with van der Waals surface area (Å²) in [5.41, 5.74) is 2.42. The monoisotopic (exact) mass is 334 g/mol. The van der Waals surface area contributed by atoms with Crippen molar-refractivity contribution in [3.8, 4) is 11.3 Å². The number of carbonyl (C=O) groups excluding carboxylic acids is 1. The summed E-state index contributed by atoms with van der Waals surface area (Å²) >= 11 is 1.61. The molecule has 7 heteroatoms. The van der Waals surface area contributed by atoms with Gasteiger partial charge in [0.25, 0.3) is 5.91 Å². The van der Waals surface area contributed by atoms with E-state index in [1.54, 1.807) is 11.3 Å². The van der Waals surface area contributed by atoms with Gasteiger partial charge in [-0.15, -0.1) is 11.3 Å². The quantitative estimate of drug-likeness (QED) is 0.876. The first-order valence-electron chi connectivity index (χ1n) is 7.83. The van der Waals surface area contributed by atoms with E-state index in [4.69, 9.17) is 4.74 Å². The van der Waals surface area contributed by atoms with Crippen molar-refractivity contribution in [2.45, 2.75) is 19.9 Å². The van der Waals surface area contributed by atoms with Crippen molar-refractivity contribution in [2.75, 3.05) is 32.8 Å². The Kier molecular flexibility index (Phi) is 5.09. The molecule has 1 atom stereocenters. The Labute approximate surface area is 139 Å². The molecule has 0 aromatic carbocycles. The molecule has 0 radical (unpaired) electrons. The third-order valence-corrected chi connectivity index (χ3v) is 4.63. The topological polar surface area (TPSA) is 70.2 Å². The maximum atomic E-state index is 12.3. The number of hydrogen-bond acceptors (Lipinski definition) is 5. The van der Waals surface area contributed by atoms with Gasteiger partial charge in [-0.05, 0) is 19.9 Å². The molecule has 1 fully saturated rings. The number of hydrogen-bond donors (Lipinski definition) is 2. The fraction of sp³-hybridized carbons (Fsp3) is 0.500. The van der Waals surface area contributed by atoms with E-state index >= 15 is 0 Å². The molecule has 3 rings (SSSR count). The molecule has 23 heavy (non-hydrogen) atoms. The second-order valence-corrected chi connectivity index (χ2v) is 6.90. The van der Waals surface area contributed by atoms with Crippen LogP contribution in [0.2, 0.25) is 0 Å². The highest BCUT2D eigenvalue weighted by Crippen LogP contribution is 2.22. The summed E-state index contributed by atoms with van der Waals surface area (Å²) in [5.74, 6) is -0.0797. The zero-order valence-corrected chi connectivity index (χ0v) is 14.3. The molecule has 2 aromatic rings. The van der Waals surface area contributed by atoms with Crippen LogP contribution in [0.15, 0.2) is 17.6 Å². The molecule has 1 amide bonds. The van der Waals surface area contributed by atoms with Crippen LogP contribution in [0.1, 0.15) is 22.4 Å². The smallest absolute Gasteiger partial charge is 0.267 e. The number of nitrogens with zero attached hydrogens (tertiary/aromatic N) is 2. The highest BCUT2D eigenvalue weighted by molar-refractivity contribution is 7.09. The van der Waals surface area contributed by atoms with E-state index in [1.165, 1.54) is 0 Å². The van der Waals surface area contributed by atoms with Crippen molar-refractivity contribution in [1.29, 1.82) is 0 Å². The number of aryl methyl sites for hydroxylation is 1. The van der Waals surface area contributed by atoms with E-state index in [0.717, 1.165) is 49.1 Å². The zero-order chi connectivity index (χ0) is 16.2. The average molecular weight is 334 g/mol. The molecule has 2 N–H and O–H groups in total. The van der Waals surface area contributed by atoms with Gasteiger partial charge in [0.1, 0.15) is 5.69 Å². The Morgan fingerprint density at radius 3 is 3.00 bits per heavy atom. The molecule has 1 saturated heterocycles. The van der Waals surface area contributed by atoms with Crippen LogP contribution in [0.25, 0.3) is 11.3 Å². The van der Waals surface area contributed by atoms with Crippen molar-refractivity contribution in [2.24, 2.45) is 0 Å². The van der Waals surface area contributed by atoms with E-state index < -0.39 is 0 Å². The molecule has 1 aliphatic heterocycles. The van der Waals surface area contributed by atoms with Gasteiger partial charge in [-0.25, -0.2) is 4.98 Å². The number of amides is 1. The highest BCUT2D eigenvalue weighted by atomic mass is 32.1. The molecule has 0 bridgehead atoms. The predicted octanol–water partition coefficient (Wildman–Crippen LogP) is 1.90. The minimum atomic E-state index is -0.0797. The molecule has 0 aliphatic carbocycles. The maximum Gasteiger partial charge on any atom is 0.267 e. The van der Waals surface area contributed by atoms with Gasteiger partial charge in [0.15, 0.2) is 0 Å². The van der Waals surface area contributed by atoms with Gasteiger partial charge < -0.3 is 15.0 Å². The van der Waals surface area contributed by atoms with Crippen LogP contribution >= 0.6 is 11.3 Å². The standard InChI is InChI=1S/C16H22N4O2S/c1-11(9-20-3-5-22-6-4-20)18-16(21)14-7-13(8-17-14)15-10-23-12(2)19-15/h7-8,10-11,17H,3-6,9H2,1-2H3,(H,18,21)/t11-/m0/s1. The fourth-order valence-electron chi connectivity index (χ4n) is 2.69. The maximum absolute atomic E-state index is 12.3. The molecule has 124 valence electrons. The number of nitrogens with one attached hydrogen (secondary N) is 2. The summed E-state index contributed by atoms with van der Waals surface area (Å²) in [7, 11) is 0. The number of aromatic nitrogens is 2. The number of aromatic amines is 1. The van der Waals surface area contributed by atoms with Gasteiger partial charge >= 0.3 is 0 Å². The third kappa shape index (κ3) is 4.19. The lowest BCUT2D eigenvalue weighted by atomic mass is 10.2. The Morgan fingerprint density at radius 1 is 1.52 bits per heavy atom. The summed E-state index contributed by atoms with van der Waals surface area (Å²) < 4.78 is 5.34. The Balaban J connectivity index is 1.56. The molecular weight excluding hydrogens is 312 g/mol. The minimum absolute atomic E-state index is 0.0797. The van der Waals surface area contributed by atoms with Gasteiger partial charge in [-0.2, -0.15) is 0 Å². The average Bonchev–Trinajstić information content (AvgIpc) is 3.16. The minimum Gasteiger partial charge on any atom is -0.379 e. The molecule has 0 spiro atoms. The molecule has 0 unspecified atom stereocenters. The third-order valence-electron chi connectivity index (χ3n) is 3.86. The first-order valence-corrected chi connectivity index (χ1v) is 8.71. The lowest BCUT2D eigenvalue weighted by molar-refractivity contribution is 0.0342. The summed E-state index contributed by atoms with van der Waals surface area (Å²) in [6.45, 7) is 8.24. The molecular formula is C16H22N4O2S. The van der Waals surface area contributed by atoms with Crippen LogP contribution in [0.4, 0.5) is 0 Å². The van der Waals surface area contributed by atoms with Crippen molar-refractivity contribution in [1.82, 2.24) is 20.2 Å². The molecule has 0 saturated carbocycles. The first-order chi connectivity index (χ1) is 11.1. The van der Waals surface area contributed by atoms with E-state index in [1.807, 2.05) is 31.5 Å². The lowest BCUT2D eigenvalue weighted by Crippen LogP contribution is -2.46. The summed E-state index contributed by atoms with van der Waals surface area (Å²) in [6.07, 6.45) is 1.83. The summed E-state index contributed by atoms with van der Waals surface area (Å²) in [4.78, 5) is 22.1. The number of carbonyl (C=O) groups is 1. The number of H-pyrrole nitrogens is 1. The van der Waals surface area contributed by atoms with Crippen LogP contribution in [0.5, 0.6) is 0 Å². The second kappa shape index (κ2) is 7.25. The van der Waals surface area contributed by atoms with Gasteiger partial charge in [0, 0.05) is 42.8 Å². The summed E-state index contributed by atoms with van der Waals surface area (Å²) in [5, 5.41) is 6.06. The number of morpholine rings is 1. The lowest BCUT2D eigenvalue weighted by Gasteiger charge is -2.29. The molecule has 2 aromatic heterocycles. The van der Waals surface area contributed by atoms with Crippen molar-refractivity contribution in [3.63, 3.8) is 0 Å². The van der Waals surface area contributed by atoms with E-state index in [-0.39, 0.29) is 11.9 Å². The van der Waals surface area contributed by atoms with Gasteiger partial charge in [0.05, 0.1) is 23.9 Å². The molecule has 1 aliphatic rings. The van der Waals surface area contributed by atoms with Crippen LogP contribution < -0.4 is 5.32 Å². The van der Waals surface area contributed by atoms with E-state index in [0.29, 0.717) is 5.69 Å².